The Labute approximate surface area is 67.7 Å². The molecule has 0 amide bonds. The summed E-state index contributed by atoms with van der Waals surface area (Å²) >= 11 is 0. The molecule has 11 heavy (non-hydrogen) atoms. The highest BCUT2D eigenvalue weighted by molar-refractivity contribution is 5.64. The van der Waals surface area contributed by atoms with Crippen LogP contribution in [0, 0.1) is 0 Å². The summed E-state index contributed by atoms with van der Waals surface area (Å²) in [5.74, 6) is 0. The zero-order chi connectivity index (χ0) is 8.16. The average Bonchev–Trinajstić information content (AvgIpc) is 1.95. The van der Waals surface area contributed by atoms with Crippen LogP contribution in [0.15, 0.2) is 12.2 Å². The van der Waals surface area contributed by atoms with Crippen molar-refractivity contribution in [3.8, 4) is 0 Å². The third-order valence-corrected chi connectivity index (χ3v) is 2.32. The fourth-order valence-electron chi connectivity index (χ4n) is 1.31. The lowest BCUT2D eigenvalue weighted by Crippen LogP contribution is -2.48. The molecule has 0 aromatic heterocycles. The molecule has 1 N–H and O–H groups in total. The first-order valence-corrected chi connectivity index (χ1v) is 4.12. The largest absolute Gasteiger partial charge is 0.308 e. The van der Waals surface area contributed by atoms with E-state index in [0.717, 1.165) is 12.8 Å². The smallest absolute Gasteiger partial charge is 0.142 e. The average molecular weight is 153 g/mol. The number of carbonyl (C=O) groups excluding carboxylic acids is 1. The van der Waals surface area contributed by atoms with Crippen LogP contribution in [-0.4, -0.2) is 18.4 Å². The standard InChI is InChI=1S/C9H15NO/c1-9(5-4-6-9)10-7-2-3-8-11/h2-3,8,10H,4-7H2,1H3/b3-2+. The summed E-state index contributed by atoms with van der Waals surface area (Å²) in [4.78, 5) is 9.90. The van der Waals surface area contributed by atoms with Gasteiger partial charge in [-0.25, -0.2) is 0 Å². The van der Waals surface area contributed by atoms with Gasteiger partial charge in [0.05, 0.1) is 0 Å². The van der Waals surface area contributed by atoms with Gasteiger partial charge in [-0.15, -0.1) is 0 Å². The van der Waals surface area contributed by atoms with Crippen molar-refractivity contribution >= 4 is 6.29 Å². The van der Waals surface area contributed by atoms with Gasteiger partial charge in [0.1, 0.15) is 6.29 Å². The minimum atomic E-state index is 0.354. The van der Waals surface area contributed by atoms with Crippen LogP contribution < -0.4 is 5.32 Å². The Morgan fingerprint density at radius 3 is 2.73 bits per heavy atom. The van der Waals surface area contributed by atoms with Crippen molar-refractivity contribution in [2.24, 2.45) is 0 Å². The molecule has 0 saturated heterocycles. The molecule has 0 radical (unpaired) electrons. The fraction of sp³-hybridized carbons (Fsp3) is 0.667. The van der Waals surface area contributed by atoms with Gasteiger partial charge in [0.15, 0.2) is 0 Å². The number of nitrogens with one attached hydrogen (secondary N) is 1. The van der Waals surface area contributed by atoms with Crippen LogP contribution in [-0.2, 0) is 4.79 Å². The maximum Gasteiger partial charge on any atom is 0.142 e. The first kappa shape index (κ1) is 8.47. The first-order chi connectivity index (χ1) is 5.27. The van der Waals surface area contributed by atoms with Gasteiger partial charge in [0.25, 0.3) is 0 Å². The maximum atomic E-state index is 9.90. The zero-order valence-electron chi connectivity index (χ0n) is 6.97. The summed E-state index contributed by atoms with van der Waals surface area (Å²) in [5.41, 5.74) is 0.354. The maximum absolute atomic E-state index is 9.90. The Bertz CT molecular complexity index is 159. The van der Waals surface area contributed by atoms with Gasteiger partial charge in [0.2, 0.25) is 0 Å². The zero-order valence-corrected chi connectivity index (χ0v) is 6.97. The molecule has 0 aromatic rings. The lowest BCUT2D eigenvalue weighted by atomic mass is 9.78. The molecule has 0 aromatic carbocycles. The molecule has 1 aliphatic rings. The minimum absolute atomic E-state index is 0.354. The van der Waals surface area contributed by atoms with Crippen LogP contribution >= 0.6 is 0 Å². The molecule has 2 heteroatoms. The summed E-state index contributed by atoms with van der Waals surface area (Å²) in [5, 5.41) is 3.38. The van der Waals surface area contributed by atoms with Gasteiger partial charge in [-0.3, -0.25) is 4.79 Å². The van der Waals surface area contributed by atoms with Crippen molar-refractivity contribution < 1.29 is 4.79 Å². The number of carbonyl (C=O) groups is 1. The highest BCUT2D eigenvalue weighted by atomic mass is 16.1. The van der Waals surface area contributed by atoms with Gasteiger partial charge in [-0.2, -0.15) is 0 Å². The summed E-state index contributed by atoms with van der Waals surface area (Å²) < 4.78 is 0. The third kappa shape index (κ3) is 2.46. The van der Waals surface area contributed by atoms with Crippen LogP contribution in [0.1, 0.15) is 26.2 Å². The van der Waals surface area contributed by atoms with E-state index in [0.29, 0.717) is 5.54 Å². The minimum Gasteiger partial charge on any atom is -0.308 e. The van der Waals surface area contributed by atoms with E-state index in [-0.39, 0.29) is 0 Å². The van der Waals surface area contributed by atoms with E-state index in [2.05, 4.69) is 12.2 Å². The SMILES string of the molecule is CC1(NC/C=C/C=O)CCC1. The predicted octanol–water partition coefficient (Wildman–Crippen LogP) is 1.27. The molecule has 1 rings (SSSR count). The second-order valence-electron chi connectivity index (χ2n) is 3.36. The fourth-order valence-corrected chi connectivity index (χ4v) is 1.31. The lowest BCUT2D eigenvalue weighted by Gasteiger charge is -2.39. The van der Waals surface area contributed by atoms with Crippen molar-refractivity contribution in [2.45, 2.75) is 31.7 Å². The quantitative estimate of drug-likeness (QED) is 0.487. The molecule has 1 saturated carbocycles. The first-order valence-electron chi connectivity index (χ1n) is 4.12. The van der Waals surface area contributed by atoms with Crippen molar-refractivity contribution in [2.75, 3.05) is 6.54 Å². The van der Waals surface area contributed by atoms with E-state index >= 15 is 0 Å². The molecule has 62 valence electrons. The van der Waals surface area contributed by atoms with Crippen LogP contribution in [0.5, 0.6) is 0 Å². The molecule has 2 nitrogen and oxygen atoms in total. The number of hydrogen-bond acceptors (Lipinski definition) is 2. The van der Waals surface area contributed by atoms with E-state index < -0.39 is 0 Å². The molecule has 0 atom stereocenters. The second-order valence-corrected chi connectivity index (χ2v) is 3.36. The molecule has 1 fully saturated rings. The monoisotopic (exact) mass is 153 g/mol. The normalized spacial score (nSPS) is 21.5. The Kier molecular flexibility index (Phi) is 2.83. The summed E-state index contributed by atoms with van der Waals surface area (Å²) in [6.07, 6.45) is 8.07. The Balaban J connectivity index is 2.11. The van der Waals surface area contributed by atoms with Gasteiger partial charge in [-0.1, -0.05) is 6.08 Å². The van der Waals surface area contributed by atoms with E-state index in [9.17, 15) is 4.79 Å². The number of hydrogen-bond donors (Lipinski definition) is 1. The third-order valence-electron chi connectivity index (χ3n) is 2.32. The molecule has 0 spiro atoms. The van der Waals surface area contributed by atoms with Gasteiger partial charge < -0.3 is 5.32 Å². The highest BCUT2D eigenvalue weighted by Crippen LogP contribution is 2.30. The molecule has 0 aliphatic heterocycles. The van der Waals surface area contributed by atoms with Crippen LogP contribution in [0.4, 0.5) is 0 Å². The molecule has 0 bridgehead atoms. The number of allylic oxidation sites excluding steroid dienone is 1. The summed E-state index contributed by atoms with van der Waals surface area (Å²) in [7, 11) is 0. The molecule has 1 aliphatic carbocycles. The van der Waals surface area contributed by atoms with E-state index in [4.69, 9.17) is 0 Å². The second kappa shape index (κ2) is 3.67. The van der Waals surface area contributed by atoms with Gasteiger partial charge in [-0.05, 0) is 32.3 Å². The summed E-state index contributed by atoms with van der Waals surface area (Å²) in [6, 6.07) is 0. The van der Waals surface area contributed by atoms with Crippen LogP contribution in [0.2, 0.25) is 0 Å². The highest BCUT2D eigenvalue weighted by Gasteiger charge is 2.29. The van der Waals surface area contributed by atoms with Crippen molar-refractivity contribution in [3.05, 3.63) is 12.2 Å². The van der Waals surface area contributed by atoms with Gasteiger partial charge in [0, 0.05) is 12.1 Å². The van der Waals surface area contributed by atoms with E-state index in [1.807, 2.05) is 6.08 Å². The van der Waals surface area contributed by atoms with Crippen LogP contribution in [0.25, 0.3) is 0 Å². The molecular weight excluding hydrogens is 138 g/mol. The number of aldehydes is 1. The molecular formula is C9H15NO. The van der Waals surface area contributed by atoms with E-state index in [1.165, 1.54) is 25.3 Å². The van der Waals surface area contributed by atoms with Crippen molar-refractivity contribution in [1.82, 2.24) is 5.32 Å². The number of rotatable bonds is 4. The topological polar surface area (TPSA) is 29.1 Å². The molecule has 0 heterocycles. The van der Waals surface area contributed by atoms with Crippen LogP contribution in [0.3, 0.4) is 0 Å². The Hall–Kier alpha value is -0.630. The summed E-state index contributed by atoms with van der Waals surface area (Å²) in [6.45, 7) is 3.04. The Morgan fingerprint density at radius 2 is 2.27 bits per heavy atom. The predicted molar refractivity (Wildman–Crippen MR) is 45.5 cm³/mol. The molecule has 0 unspecified atom stereocenters. The van der Waals surface area contributed by atoms with E-state index in [1.54, 1.807) is 0 Å². The van der Waals surface area contributed by atoms with Crippen molar-refractivity contribution in [1.29, 1.82) is 0 Å². The Morgan fingerprint density at radius 1 is 1.55 bits per heavy atom. The van der Waals surface area contributed by atoms with Crippen molar-refractivity contribution in [3.63, 3.8) is 0 Å². The van der Waals surface area contributed by atoms with Gasteiger partial charge >= 0.3 is 0 Å². The lowest BCUT2D eigenvalue weighted by molar-refractivity contribution is -0.104.